The molecule has 0 aromatic heterocycles. The number of hydrogen-bond acceptors (Lipinski definition) is 6. The SMILES string of the molecule is COC(=O)C1COCCN1C(=O)COc1ccccc1O. The van der Waals surface area contributed by atoms with Crippen molar-refractivity contribution < 1.29 is 28.9 Å². The highest BCUT2D eigenvalue weighted by Gasteiger charge is 2.33. The quantitative estimate of drug-likeness (QED) is 0.797. The van der Waals surface area contributed by atoms with Gasteiger partial charge in [0.05, 0.1) is 20.3 Å². The Labute approximate surface area is 122 Å². The minimum atomic E-state index is -0.760. The Balaban J connectivity index is 1.98. The van der Waals surface area contributed by atoms with Gasteiger partial charge in [0.15, 0.2) is 24.1 Å². The molecule has 1 saturated heterocycles. The summed E-state index contributed by atoms with van der Waals surface area (Å²) in [4.78, 5) is 25.2. The molecule has 7 nitrogen and oxygen atoms in total. The summed E-state index contributed by atoms with van der Waals surface area (Å²) in [5.74, 6) is -0.715. The lowest BCUT2D eigenvalue weighted by Crippen LogP contribution is -2.54. The molecule has 0 bridgehead atoms. The molecule has 1 fully saturated rings. The fourth-order valence-corrected chi connectivity index (χ4v) is 2.04. The van der Waals surface area contributed by atoms with Gasteiger partial charge in [-0.1, -0.05) is 12.1 Å². The van der Waals surface area contributed by atoms with Gasteiger partial charge >= 0.3 is 5.97 Å². The zero-order valence-electron chi connectivity index (χ0n) is 11.7. The van der Waals surface area contributed by atoms with Crippen LogP contribution in [0.3, 0.4) is 0 Å². The average molecular weight is 295 g/mol. The molecule has 0 aliphatic carbocycles. The van der Waals surface area contributed by atoms with E-state index in [-0.39, 0.29) is 30.6 Å². The van der Waals surface area contributed by atoms with Crippen LogP contribution in [0.4, 0.5) is 0 Å². The number of phenolic OH excluding ortho intramolecular Hbond substituents is 1. The lowest BCUT2D eigenvalue weighted by Gasteiger charge is -2.33. The number of para-hydroxylation sites is 2. The first-order chi connectivity index (χ1) is 10.1. The van der Waals surface area contributed by atoms with E-state index in [0.29, 0.717) is 13.2 Å². The van der Waals surface area contributed by atoms with Crippen LogP contribution < -0.4 is 4.74 Å². The van der Waals surface area contributed by atoms with Crippen LogP contribution in [0.5, 0.6) is 11.5 Å². The van der Waals surface area contributed by atoms with Crippen molar-refractivity contribution in [3.8, 4) is 11.5 Å². The Bertz CT molecular complexity index is 518. The van der Waals surface area contributed by atoms with E-state index in [4.69, 9.17) is 9.47 Å². The Hall–Kier alpha value is -2.28. The number of phenols is 1. The highest BCUT2D eigenvalue weighted by molar-refractivity contribution is 5.85. The molecule has 1 amide bonds. The summed E-state index contributed by atoms with van der Waals surface area (Å²) in [6.45, 7) is 0.485. The maximum atomic E-state index is 12.2. The summed E-state index contributed by atoms with van der Waals surface area (Å²) in [5.41, 5.74) is 0. The van der Waals surface area contributed by atoms with Crippen LogP contribution in [0.1, 0.15) is 0 Å². The number of carbonyl (C=O) groups excluding carboxylic acids is 2. The number of benzene rings is 1. The summed E-state index contributed by atoms with van der Waals surface area (Å²) >= 11 is 0. The number of amides is 1. The maximum absolute atomic E-state index is 12.2. The third-order valence-electron chi connectivity index (χ3n) is 3.14. The second-order valence-electron chi connectivity index (χ2n) is 4.46. The Morgan fingerprint density at radius 3 is 2.90 bits per heavy atom. The fourth-order valence-electron chi connectivity index (χ4n) is 2.04. The van der Waals surface area contributed by atoms with Crippen LogP contribution in [0.2, 0.25) is 0 Å². The standard InChI is InChI=1S/C14H17NO6/c1-19-14(18)10-8-20-7-6-15(10)13(17)9-21-12-5-3-2-4-11(12)16/h2-5,10,16H,6-9H2,1H3. The first-order valence-electron chi connectivity index (χ1n) is 6.49. The van der Waals surface area contributed by atoms with Gasteiger partial charge in [-0.25, -0.2) is 4.79 Å². The van der Waals surface area contributed by atoms with Crippen molar-refractivity contribution in [2.45, 2.75) is 6.04 Å². The molecule has 1 atom stereocenters. The van der Waals surface area contributed by atoms with E-state index in [1.807, 2.05) is 0 Å². The molecule has 1 unspecified atom stereocenters. The van der Waals surface area contributed by atoms with Crippen molar-refractivity contribution in [3.63, 3.8) is 0 Å². The first kappa shape index (κ1) is 15.1. The van der Waals surface area contributed by atoms with Crippen LogP contribution >= 0.6 is 0 Å². The molecule has 2 rings (SSSR count). The van der Waals surface area contributed by atoms with E-state index in [2.05, 4.69) is 4.74 Å². The number of methoxy groups -OCH3 is 1. The molecule has 0 spiro atoms. The monoisotopic (exact) mass is 295 g/mol. The number of ether oxygens (including phenoxy) is 3. The Morgan fingerprint density at radius 1 is 1.43 bits per heavy atom. The zero-order chi connectivity index (χ0) is 15.2. The van der Waals surface area contributed by atoms with Gasteiger partial charge in [-0.15, -0.1) is 0 Å². The minimum Gasteiger partial charge on any atom is -0.504 e. The molecule has 1 aliphatic rings. The molecular formula is C14H17NO6. The molecule has 7 heteroatoms. The molecule has 1 N–H and O–H groups in total. The highest BCUT2D eigenvalue weighted by atomic mass is 16.5. The summed E-state index contributed by atoms with van der Waals surface area (Å²) in [7, 11) is 1.26. The second kappa shape index (κ2) is 6.94. The normalized spacial score (nSPS) is 18.1. The van der Waals surface area contributed by atoms with E-state index < -0.39 is 12.0 Å². The van der Waals surface area contributed by atoms with E-state index >= 15 is 0 Å². The Morgan fingerprint density at radius 2 is 2.19 bits per heavy atom. The van der Waals surface area contributed by atoms with Crippen LogP contribution in [-0.4, -0.2) is 61.4 Å². The molecule has 1 heterocycles. The van der Waals surface area contributed by atoms with E-state index in [1.165, 1.54) is 18.1 Å². The van der Waals surface area contributed by atoms with Crippen molar-refractivity contribution in [1.82, 2.24) is 4.90 Å². The first-order valence-corrected chi connectivity index (χ1v) is 6.49. The van der Waals surface area contributed by atoms with Gasteiger partial charge in [-0.2, -0.15) is 0 Å². The molecule has 0 radical (unpaired) electrons. The molecule has 21 heavy (non-hydrogen) atoms. The van der Waals surface area contributed by atoms with Crippen molar-refractivity contribution in [1.29, 1.82) is 0 Å². The number of nitrogens with zero attached hydrogens (tertiary/aromatic N) is 1. The van der Waals surface area contributed by atoms with Crippen molar-refractivity contribution in [2.24, 2.45) is 0 Å². The maximum Gasteiger partial charge on any atom is 0.331 e. The summed E-state index contributed by atoms with van der Waals surface area (Å²) in [6.07, 6.45) is 0. The molecule has 0 saturated carbocycles. The largest absolute Gasteiger partial charge is 0.504 e. The van der Waals surface area contributed by atoms with Crippen LogP contribution in [0.15, 0.2) is 24.3 Å². The van der Waals surface area contributed by atoms with Gasteiger partial charge in [0.25, 0.3) is 5.91 Å². The molecule has 1 aromatic rings. The summed E-state index contributed by atoms with van der Waals surface area (Å²) in [5, 5.41) is 9.57. The molecule has 1 aliphatic heterocycles. The average Bonchev–Trinajstić information content (AvgIpc) is 2.53. The number of carbonyl (C=O) groups is 2. The van der Waals surface area contributed by atoms with Crippen molar-refractivity contribution >= 4 is 11.9 Å². The smallest absolute Gasteiger partial charge is 0.331 e. The third kappa shape index (κ3) is 3.63. The fraction of sp³-hybridized carbons (Fsp3) is 0.429. The molecule has 1 aromatic carbocycles. The topological polar surface area (TPSA) is 85.3 Å². The minimum absolute atomic E-state index is 0.0446. The number of esters is 1. The lowest BCUT2D eigenvalue weighted by molar-refractivity contribution is -0.161. The van der Waals surface area contributed by atoms with Gasteiger partial charge in [0, 0.05) is 6.54 Å². The summed E-state index contributed by atoms with van der Waals surface area (Å²) < 4.78 is 15.1. The van der Waals surface area contributed by atoms with Crippen LogP contribution in [-0.2, 0) is 19.1 Å². The van der Waals surface area contributed by atoms with E-state index in [1.54, 1.807) is 18.2 Å². The van der Waals surface area contributed by atoms with Crippen molar-refractivity contribution in [2.75, 3.05) is 33.5 Å². The zero-order valence-corrected chi connectivity index (χ0v) is 11.7. The van der Waals surface area contributed by atoms with Gasteiger partial charge in [0.1, 0.15) is 0 Å². The van der Waals surface area contributed by atoms with E-state index in [9.17, 15) is 14.7 Å². The second-order valence-corrected chi connectivity index (χ2v) is 4.46. The Kier molecular flexibility index (Phi) is 4.99. The number of morpholine rings is 1. The van der Waals surface area contributed by atoms with E-state index in [0.717, 1.165) is 0 Å². The highest BCUT2D eigenvalue weighted by Crippen LogP contribution is 2.24. The third-order valence-corrected chi connectivity index (χ3v) is 3.14. The number of aromatic hydroxyl groups is 1. The summed E-state index contributed by atoms with van der Waals surface area (Å²) in [6, 6.07) is 5.60. The number of hydrogen-bond donors (Lipinski definition) is 1. The number of rotatable bonds is 4. The lowest BCUT2D eigenvalue weighted by atomic mass is 10.2. The van der Waals surface area contributed by atoms with Gasteiger partial charge in [-0.05, 0) is 12.1 Å². The predicted molar refractivity (Wildman–Crippen MR) is 71.9 cm³/mol. The molecular weight excluding hydrogens is 278 g/mol. The van der Waals surface area contributed by atoms with Crippen LogP contribution in [0.25, 0.3) is 0 Å². The van der Waals surface area contributed by atoms with Gasteiger partial charge in [-0.3, -0.25) is 4.79 Å². The predicted octanol–water partition coefficient (Wildman–Crippen LogP) is 0.171. The van der Waals surface area contributed by atoms with Crippen molar-refractivity contribution in [3.05, 3.63) is 24.3 Å². The van der Waals surface area contributed by atoms with Gasteiger partial charge in [0.2, 0.25) is 0 Å². The van der Waals surface area contributed by atoms with Gasteiger partial charge < -0.3 is 24.2 Å². The molecule has 114 valence electrons. The van der Waals surface area contributed by atoms with Crippen LogP contribution in [0, 0.1) is 0 Å².